The molecule has 0 radical (unpaired) electrons. The van der Waals surface area contributed by atoms with Gasteiger partial charge in [0.15, 0.2) is 11.5 Å². The van der Waals surface area contributed by atoms with Crippen LogP contribution in [-0.2, 0) is 23.8 Å². The number of hydrogen-bond acceptors (Lipinski definition) is 7. The van der Waals surface area contributed by atoms with E-state index >= 15 is 0 Å². The van der Waals surface area contributed by atoms with Crippen LogP contribution >= 0.6 is 11.6 Å². The minimum atomic E-state index is -1.35. The van der Waals surface area contributed by atoms with Crippen molar-refractivity contribution in [2.24, 2.45) is 10.8 Å². The van der Waals surface area contributed by atoms with Crippen LogP contribution in [0.3, 0.4) is 0 Å². The Kier molecular flexibility index (Phi) is 3.75. The molecule has 4 aliphatic rings. The summed E-state index contributed by atoms with van der Waals surface area (Å²) in [6.07, 6.45) is 1.01. The molecule has 1 heterocycles. The molecule has 0 aromatic rings. The van der Waals surface area contributed by atoms with Crippen molar-refractivity contribution in [1.29, 1.82) is 0 Å². The summed E-state index contributed by atoms with van der Waals surface area (Å²) in [4.78, 5) is 26.1. The van der Waals surface area contributed by atoms with Crippen LogP contribution < -0.4 is 5.32 Å². The smallest absolute Gasteiger partial charge is 0.201 e. The van der Waals surface area contributed by atoms with Crippen LogP contribution in [0.5, 0.6) is 0 Å². The van der Waals surface area contributed by atoms with Gasteiger partial charge in [0.2, 0.25) is 11.5 Å². The SMILES string of the molecule is COC1=CC(=O)[C@@]2([C@@H]1O)[C@@H](Cl)C[C@]13NCCC21CC(=O)C(OC)=C3OC. The molecule has 0 bridgehead atoms. The third-order valence-corrected chi connectivity index (χ3v) is 7.40. The Morgan fingerprint density at radius 1 is 1.23 bits per heavy atom. The number of methoxy groups -OCH3 is 3. The summed E-state index contributed by atoms with van der Waals surface area (Å²) in [6, 6.07) is 0. The quantitative estimate of drug-likeness (QED) is 0.691. The molecular weight excluding hydrogens is 362 g/mol. The molecule has 1 aliphatic heterocycles. The Balaban J connectivity index is 2.00. The van der Waals surface area contributed by atoms with E-state index in [1.807, 2.05) is 0 Å². The second-order valence-corrected chi connectivity index (χ2v) is 7.92. The van der Waals surface area contributed by atoms with E-state index in [0.29, 0.717) is 25.1 Å². The number of halogens is 1. The summed E-state index contributed by atoms with van der Waals surface area (Å²) in [5, 5.41) is 13.8. The maximum atomic E-state index is 13.2. The predicted octanol–water partition coefficient (Wildman–Crippen LogP) is 0.653. The molecule has 1 spiro atoms. The van der Waals surface area contributed by atoms with Crippen molar-refractivity contribution in [3.8, 4) is 0 Å². The van der Waals surface area contributed by atoms with E-state index in [1.54, 1.807) is 0 Å². The lowest BCUT2D eigenvalue weighted by atomic mass is 9.52. The summed E-state index contributed by atoms with van der Waals surface area (Å²) in [7, 11) is 4.31. The first-order valence-electron chi connectivity index (χ1n) is 8.59. The minimum absolute atomic E-state index is 0.0485. The molecular formula is C18H22ClNO6. The van der Waals surface area contributed by atoms with Crippen LogP contribution in [0, 0.1) is 10.8 Å². The normalized spacial score (nSPS) is 44.3. The fraction of sp³-hybridized carbons (Fsp3) is 0.667. The predicted molar refractivity (Wildman–Crippen MR) is 91.2 cm³/mol. The number of carbonyl (C=O) groups is 2. The van der Waals surface area contributed by atoms with Gasteiger partial charge in [-0.2, -0.15) is 0 Å². The minimum Gasteiger partial charge on any atom is -0.498 e. The summed E-state index contributed by atoms with van der Waals surface area (Å²) in [6.45, 7) is 0.574. The standard InChI is InChI=1S/C18H22ClNO6/c1-24-10-6-12(22)18(14(10)23)11(19)8-17-15(26-3)13(25-2)9(21)7-16(17,18)4-5-20-17/h6,11,14,20,23H,4-5,7-8H2,1-3H3/t11-,14+,16?,17+,18+/m0/s1. The van der Waals surface area contributed by atoms with Gasteiger partial charge in [-0.1, -0.05) is 0 Å². The van der Waals surface area contributed by atoms with E-state index in [0.717, 1.165) is 0 Å². The van der Waals surface area contributed by atoms with Crippen LogP contribution in [0.25, 0.3) is 0 Å². The summed E-state index contributed by atoms with van der Waals surface area (Å²) < 4.78 is 16.2. The topological polar surface area (TPSA) is 94.1 Å². The van der Waals surface area contributed by atoms with Crippen molar-refractivity contribution in [3.63, 3.8) is 0 Å². The molecule has 8 heteroatoms. The monoisotopic (exact) mass is 383 g/mol. The number of allylic oxidation sites excluding steroid dienone is 2. The molecule has 2 fully saturated rings. The van der Waals surface area contributed by atoms with Crippen molar-refractivity contribution in [2.75, 3.05) is 27.9 Å². The first-order valence-corrected chi connectivity index (χ1v) is 9.03. The number of ketones is 2. The second kappa shape index (κ2) is 5.47. The molecule has 5 atom stereocenters. The number of rotatable bonds is 3. The Morgan fingerprint density at radius 2 is 1.96 bits per heavy atom. The zero-order chi connectivity index (χ0) is 18.9. The average molecular weight is 384 g/mol. The van der Waals surface area contributed by atoms with Crippen molar-refractivity contribution < 1.29 is 28.9 Å². The molecule has 4 rings (SSSR count). The molecule has 142 valence electrons. The molecule has 1 saturated heterocycles. The van der Waals surface area contributed by atoms with Crippen molar-refractivity contribution >= 4 is 23.2 Å². The van der Waals surface area contributed by atoms with E-state index in [1.165, 1.54) is 27.4 Å². The van der Waals surface area contributed by atoms with Gasteiger partial charge in [0.25, 0.3) is 0 Å². The van der Waals surface area contributed by atoms with Crippen LogP contribution in [-0.4, -0.2) is 61.6 Å². The van der Waals surface area contributed by atoms with Gasteiger partial charge in [-0.05, 0) is 19.4 Å². The number of alkyl halides is 1. The van der Waals surface area contributed by atoms with E-state index in [2.05, 4.69) is 5.32 Å². The zero-order valence-electron chi connectivity index (χ0n) is 14.9. The number of aliphatic hydroxyl groups is 1. The first kappa shape index (κ1) is 17.8. The van der Waals surface area contributed by atoms with Gasteiger partial charge in [0, 0.05) is 17.9 Å². The zero-order valence-corrected chi connectivity index (χ0v) is 15.7. The number of Topliss-reactive ketones (excluding diaryl/α,β-unsaturated/α-hetero) is 1. The number of hydrogen-bond donors (Lipinski definition) is 2. The molecule has 0 aromatic carbocycles. The lowest BCUT2D eigenvalue weighted by Crippen LogP contribution is -2.63. The fourth-order valence-corrected chi connectivity index (χ4v) is 6.70. The molecule has 1 unspecified atom stereocenters. The maximum absolute atomic E-state index is 13.2. The van der Waals surface area contributed by atoms with E-state index in [4.69, 9.17) is 25.8 Å². The Hall–Kier alpha value is -1.57. The number of nitrogens with one attached hydrogen (secondary N) is 1. The highest BCUT2D eigenvalue weighted by atomic mass is 35.5. The molecule has 7 nitrogen and oxygen atoms in total. The number of ether oxygens (including phenoxy) is 3. The van der Waals surface area contributed by atoms with Crippen molar-refractivity contribution in [3.05, 3.63) is 23.4 Å². The van der Waals surface area contributed by atoms with E-state index < -0.39 is 27.8 Å². The lowest BCUT2D eigenvalue weighted by Gasteiger charge is -2.51. The third kappa shape index (κ3) is 1.59. The van der Waals surface area contributed by atoms with E-state index in [9.17, 15) is 14.7 Å². The third-order valence-electron chi connectivity index (χ3n) is 6.90. The molecule has 3 aliphatic carbocycles. The summed E-state index contributed by atoms with van der Waals surface area (Å²) >= 11 is 6.77. The van der Waals surface area contributed by atoms with Gasteiger partial charge in [0.05, 0.1) is 37.7 Å². The van der Waals surface area contributed by atoms with Gasteiger partial charge >= 0.3 is 0 Å². The Bertz CT molecular complexity index is 763. The molecule has 2 N–H and O–H groups in total. The van der Waals surface area contributed by atoms with Gasteiger partial charge in [-0.15, -0.1) is 11.6 Å². The van der Waals surface area contributed by atoms with Gasteiger partial charge < -0.3 is 24.6 Å². The van der Waals surface area contributed by atoms with Gasteiger partial charge in [0.1, 0.15) is 11.9 Å². The highest BCUT2D eigenvalue weighted by molar-refractivity contribution is 6.25. The highest BCUT2D eigenvalue weighted by Gasteiger charge is 2.82. The molecule has 1 saturated carbocycles. The average Bonchev–Trinajstić information content (AvgIpc) is 3.16. The van der Waals surface area contributed by atoms with Crippen LogP contribution in [0.4, 0.5) is 0 Å². The Labute approximate surface area is 156 Å². The molecule has 0 amide bonds. The molecule has 26 heavy (non-hydrogen) atoms. The number of carbonyl (C=O) groups excluding carboxylic acids is 2. The van der Waals surface area contributed by atoms with Crippen molar-refractivity contribution in [1.82, 2.24) is 5.32 Å². The van der Waals surface area contributed by atoms with Gasteiger partial charge in [-0.25, -0.2) is 0 Å². The van der Waals surface area contributed by atoms with Crippen LogP contribution in [0.2, 0.25) is 0 Å². The summed E-state index contributed by atoms with van der Waals surface area (Å²) in [5.41, 5.74) is -3.10. The van der Waals surface area contributed by atoms with Gasteiger partial charge in [-0.3, -0.25) is 9.59 Å². The Morgan fingerprint density at radius 3 is 2.54 bits per heavy atom. The van der Waals surface area contributed by atoms with Crippen LogP contribution in [0.1, 0.15) is 19.3 Å². The first-order chi connectivity index (χ1) is 12.4. The van der Waals surface area contributed by atoms with Crippen LogP contribution in [0.15, 0.2) is 23.4 Å². The maximum Gasteiger partial charge on any atom is 0.201 e. The summed E-state index contributed by atoms with van der Waals surface area (Å²) in [5.74, 6) is 0.155. The lowest BCUT2D eigenvalue weighted by molar-refractivity contribution is -0.146. The second-order valence-electron chi connectivity index (χ2n) is 7.39. The van der Waals surface area contributed by atoms with E-state index in [-0.39, 0.29) is 29.5 Å². The fourth-order valence-electron chi connectivity index (χ4n) is 6.03. The van der Waals surface area contributed by atoms with Crippen molar-refractivity contribution in [2.45, 2.75) is 36.3 Å². The number of aliphatic hydroxyl groups excluding tert-OH is 1. The largest absolute Gasteiger partial charge is 0.498 e. The highest BCUT2D eigenvalue weighted by Crippen LogP contribution is 2.72. The molecule has 0 aromatic heterocycles.